The zero-order valence-corrected chi connectivity index (χ0v) is 10.9. The van der Waals surface area contributed by atoms with Crippen LogP contribution in [-0.4, -0.2) is 29.6 Å². The fraction of sp³-hybridized carbons (Fsp3) is 0.667. The largest absolute Gasteiger partial charge is 0.357 e. The Balaban J connectivity index is 3.03. The van der Waals surface area contributed by atoms with Crippen LogP contribution in [0.5, 0.6) is 0 Å². The summed E-state index contributed by atoms with van der Waals surface area (Å²) in [5.74, 6) is 1.70. The number of hydrogen-bond acceptors (Lipinski definition) is 4. The van der Waals surface area contributed by atoms with Crippen molar-refractivity contribution in [3.05, 3.63) is 11.8 Å². The number of hydrogen-bond donors (Lipinski definition) is 1. The lowest BCUT2D eigenvalue weighted by Gasteiger charge is -2.27. The van der Waals surface area contributed by atoms with Gasteiger partial charge in [-0.3, -0.25) is 0 Å². The van der Waals surface area contributed by atoms with Gasteiger partial charge in [0.25, 0.3) is 0 Å². The van der Waals surface area contributed by atoms with Crippen LogP contribution in [0.3, 0.4) is 0 Å². The van der Waals surface area contributed by atoms with Crippen LogP contribution in [0.4, 0.5) is 11.8 Å². The molecule has 1 heterocycles. The topological polar surface area (TPSA) is 41.1 Å². The van der Waals surface area contributed by atoms with Crippen molar-refractivity contribution in [1.29, 1.82) is 0 Å². The van der Waals surface area contributed by atoms with Gasteiger partial charge in [-0.15, -0.1) is 0 Å². The Morgan fingerprint density at radius 1 is 1.38 bits per heavy atom. The van der Waals surface area contributed by atoms with Gasteiger partial charge < -0.3 is 10.2 Å². The molecule has 0 aliphatic rings. The number of nitrogens with one attached hydrogen (secondary N) is 1. The van der Waals surface area contributed by atoms with Gasteiger partial charge in [0.1, 0.15) is 5.82 Å². The molecule has 0 spiro atoms. The highest BCUT2D eigenvalue weighted by molar-refractivity contribution is 5.45. The predicted octanol–water partition coefficient (Wildman–Crippen LogP) is 2.45. The molecule has 0 saturated carbocycles. The number of rotatable bonds is 5. The Kier molecular flexibility index (Phi) is 4.52. The molecule has 1 rings (SSSR count). The Hall–Kier alpha value is -1.32. The van der Waals surface area contributed by atoms with Gasteiger partial charge in [-0.05, 0) is 27.2 Å². The van der Waals surface area contributed by atoms with Crippen LogP contribution in [0, 0.1) is 6.92 Å². The Labute approximate surface area is 98.1 Å². The summed E-state index contributed by atoms with van der Waals surface area (Å²) in [6, 6.07) is 2.50. The average molecular weight is 222 g/mol. The number of nitrogens with zero attached hydrogens (tertiary/aromatic N) is 3. The van der Waals surface area contributed by atoms with Crippen molar-refractivity contribution >= 4 is 11.8 Å². The van der Waals surface area contributed by atoms with E-state index in [0.717, 1.165) is 24.5 Å². The lowest BCUT2D eigenvalue weighted by molar-refractivity contribution is 0.661. The van der Waals surface area contributed by atoms with Crippen LogP contribution >= 0.6 is 0 Å². The van der Waals surface area contributed by atoms with E-state index < -0.39 is 0 Å². The molecule has 0 atom stereocenters. The minimum atomic E-state index is 0.457. The molecule has 1 aromatic rings. The molecule has 1 aromatic heterocycles. The first-order valence-corrected chi connectivity index (χ1v) is 5.88. The molecular weight excluding hydrogens is 200 g/mol. The fourth-order valence-electron chi connectivity index (χ4n) is 1.69. The molecule has 0 saturated heterocycles. The maximum Gasteiger partial charge on any atom is 0.224 e. The molecule has 0 radical (unpaired) electrons. The molecule has 0 aliphatic carbocycles. The molecule has 0 fully saturated rings. The highest BCUT2D eigenvalue weighted by atomic mass is 15.2. The highest BCUT2D eigenvalue weighted by Gasteiger charge is 2.12. The monoisotopic (exact) mass is 222 g/mol. The first-order chi connectivity index (χ1) is 7.58. The van der Waals surface area contributed by atoms with Gasteiger partial charge in [0.2, 0.25) is 5.95 Å². The van der Waals surface area contributed by atoms with Crippen LogP contribution in [0.15, 0.2) is 6.07 Å². The summed E-state index contributed by atoms with van der Waals surface area (Å²) < 4.78 is 0. The van der Waals surface area contributed by atoms with E-state index in [1.807, 2.05) is 20.0 Å². The van der Waals surface area contributed by atoms with Crippen molar-refractivity contribution in [2.45, 2.75) is 40.2 Å². The van der Waals surface area contributed by atoms with E-state index in [9.17, 15) is 0 Å². The first kappa shape index (κ1) is 12.7. The maximum atomic E-state index is 4.50. The quantitative estimate of drug-likeness (QED) is 0.831. The maximum absolute atomic E-state index is 4.50. The van der Waals surface area contributed by atoms with Gasteiger partial charge in [0.05, 0.1) is 0 Å². The third-order valence-electron chi connectivity index (χ3n) is 2.45. The van der Waals surface area contributed by atoms with E-state index in [-0.39, 0.29) is 0 Å². The second kappa shape index (κ2) is 5.68. The lowest BCUT2D eigenvalue weighted by Crippen LogP contribution is -2.32. The van der Waals surface area contributed by atoms with E-state index in [1.54, 1.807) is 0 Å². The third kappa shape index (κ3) is 3.08. The SMILES string of the molecule is CCCN(c1cc(C)nc(NC)n1)C(C)C. The van der Waals surface area contributed by atoms with Gasteiger partial charge in [-0.2, -0.15) is 4.98 Å². The summed E-state index contributed by atoms with van der Waals surface area (Å²) in [7, 11) is 1.85. The van der Waals surface area contributed by atoms with E-state index >= 15 is 0 Å². The van der Waals surface area contributed by atoms with Gasteiger partial charge in [-0.25, -0.2) is 4.98 Å². The predicted molar refractivity (Wildman–Crippen MR) is 69.1 cm³/mol. The van der Waals surface area contributed by atoms with Crippen molar-refractivity contribution in [2.75, 3.05) is 23.8 Å². The number of anilines is 2. The van der Waals surface area contributed by atoms with Gasteiger partial charge in [0, 0.05) is 31.4 Å². The third-order valence-corrected chi connectivity index (χ3v) is 2.45. The minimum Gasteiger partial charge on any atom is -0.357 e. The average Bonchev–Trinajstić information content (AvgIpc) is 2.24. The molecule has 4 nitrogen and oxygen atoms in total. The van der Waals surface area contributed by atoms with Crippen LogP contribution in [0.1, 0.15) is 32.9 Å². The van der Waals surface area contributed by atoms with Crippen molar-refractivity contribution in [3.63, 3.8) is 0 Å². The molecular formula is C12H22N4. The van der Waals surface area contributed by atoms with Crippen molar-refractivity contribution < 1.29 is 0 Å². The standard InChI is InChI=1S/C12H22N4/c1-6-7-16(9(2)3)11-8-10(4)14-12(13-5)15-11/h8-9H,6-7H2,1-5H3,(H,13,14,15). The molecule has 1 N–H and O–H groups in total. The van der Waals surface area contributed by atoms with Gasteiger partial charge in [-0.1, -0.05) is 6.92 Å². The normalized spacial score (nSPS) is 10.6. The Morgan fingerprint density at radius 3 is 2.56 bits per heavy atom. The lowest BCUT2D eigenvalue weighted by atomic mass is 10.2. The Bertz CT molecular complexity index is 336. The smallest absolute Gasteiger partial charge is 0.224 e. The van der Waals surface area contributed by atoms with Crippen LogP contribution < -0.4 is 10.2 Å². The van der Waals surface area contributed by atoms with Gasteiger partial charge >= 0.3 is 0 Å². The molecule has 4 heteroatoms. The van der Waals surface area contributed by atoms with Crippen molar-refractivity contribution in [2.24, 2.45) is 0 Å². The van der Waals surface area contributed by atoms with Gasteiger partial charge in [0.15, 0.2) is 0 Å². The van der Waals surface area contributed by atoms with E-state index in [0.29, 0.717) is 12.0 Å². The molecule has 90 valence electrons. The molecule has 0 aliphatic heterocycles. The van der Waals surface area contributed by atoms with E-state index in [1.165, 1.54) is 0 Å². The van der Waals surface area contributed by atoms with E-state index in [2.05, 4.69) is 41.0 Å². The zero-order chi connectivity index (χ0) is 12.1. The molecule has 0 aromatic carbocycles. The number of aromatic nitrogens is 2. The molecule has 0 unspecified atom stereocenters. The summed E-state index contributed by atoms with van der Waals surface area (Å²) in [6.07, 6.45) is 1.12. The summed E-state index contributed by atoms with van der Waals surface area (Å²) in [5, 5.41) is 3.00. The first-order valence-electron chi connectivity index (χ1n) is 5.88. The zero-order valence-electron chi connectivity index (χ0n) is 10.9. The molecule has 0 bridgehead atoms. The number of aryl methyl sites for hydroxylation is 1. The minimum absolute atomic E-state index is 0.457. The van der Waals surface area contributed by atoms with Crippen LogP contribution in [0.25, 0.3) is 0 Å². The van der Waals surface area contributed by atoms with E-state index in [4.69, 9.17) is 0 Å². The van der Waals surface area contributed by atoms with Crippen LogP contribution in [-0.2, 0) is 0 Å². The highest BCUT2D eigenvalue weighted by Crippen LogP contribution is 2.17. The molecule has 16 heavy (non-hydrogen) atoms. The fourth-order valence-corrected chi connectivity index (χ4v) is 1.69. The second-order valence-electron chi connectivity index (χ2n) is 4.23. The summed E-state index contributed by atoms with van der Waals surface area (Å²) in [6.45, 7) is 9.58. The summed E-state index contributed by atoms with van der Waals surface area (Å²) in [5.41, 5.74) is 0.996. The van der Waals surface area contributed by atoms with Crippen molar-refractivity contribution in [3.8, 4) is 0 Å². The molecule has 0 amide bonds. The summed E-state index contributed by atoms with van der Waals surface area (Å²) >= 11 is 0. The second-order valence-corrected chi connectivity index (χ2v) is 4.23. The Morgan fingerprint density at radius 2 is 2.06 bits per heavy atom. The summed E-state index contributed by atoms with van der Waals surface area (Å²) in [4.78, 5) is 11.1. The van der Waals surface area contributed by atoms with Crippen molar-refractivity contribution in [1.82, 2.24) is 9.97 Å². The van der Waals surface area contributed by atoms with Crippen LogP contribution in [0.2, 0.25) is 0 Å².